The number of carbonyl (C=O) groups excluding carboxylic acids is 1. The van der Waals surface area contributed by atoms with E-state index in [4.69, 9.17) is 16.3 Å². The van der Waals surface area contributed by atoms with Crippen LogP contribution in [0.5, 0.6) is 0 Å². The van der Waals surface area contributed by atoms with Gasteiger partial charge in [-0.1, -0.05) is 24.9 Å². The molecule has 4 nitrogen and oxygen atoms in total. The number of hydrogen-bond acceptors (Lipinski definition) is 3. The highest BCUT2D eigenvalue weighted by atomic mass is 79.9. The third-order valence-electron chi connectivity index (χ3n) is 1.96. The van der Waals surface area contributed by atoms with Crippen molar-refractivity contribution in [2.75, 3.05) is 18.5 Å². The molecule has 0 unspecified atom stereocenters. The number of unbranched alkanes of at least 4 members (excludes halogenated alkanes) is 1. The monoisotopic (exact) mass is 320 g/mol. The van der Waals surface area contributed by atoms with E-state index in [1.54, 1.807) is 12.3 Å². The van der Waals surface area contributed by atoms with Gasteiger partial charge in [0.2, 0.25) is 5.91 Å². The number of anilines is 1. The first kappa shape index (κ1) is 14.4. The average Bonchev–Trinajstić information content (AvgIpc) is 2.29. The lowest BCUT2D eigenvalue weighted by atomic mass is 10.4. The largest absolute Gasteiger partial charge is 0.372 e. The molecule has 0 aliphatic carbocycles. The van der Waals surface area contributed by atoms with E-state index in [2.05, 4.69) is 33.2 Å². The maximum Gasteiger partial charge on any atom is 0.250 e. The Kier molecular flexibility index (Phi) is 6.47. The summed E-state index contributed by atoms with van der Waals surface area (Å²) in [5.41, 5.74) is 0.477. The van der Waals surface area contributed by atoms with Crippen molar-refractivity contribution in [2.24, 2.45) is 0 Å². The Hall–Kier alpha value is -0.650. The Labute approximate surface area is 114 Å². The summed E-state index contributed by atoms with van der Waals surface area (Å²) in [5, 5.41) is 2.90. The van der Waals surface area contributed by atoms with Gasteiger partial charge in [0, 0.05) is 17.3 Å². The van der Waals surface area contributed by atoms with Crippen LogP contribution in [-0.2, 0) is 9.53 Å². The van der Waals surface area contributed by atoms with E-state index >= 15 is 0 Å². The van der Waals surface area contributed by atoms with Crippen LogP contribution in [0.2, 0.25) is 5.15 Å². The van der Waals surface area contributed by atoms with Crippen LogP contribution < -0.4 is 5.32 Å². The van der Waals surface area contributed by atoms with Crippen molar-refractivity contribution in [3.8, 4) is 0 Å². The first-order chi connectivity index (χ1) is 8.13. The normalized spacial score (nSPS) is 10.3. The lowest BCUT2D eigenvalue weighted by molar-refractivity contribution is -0.120. The van der Waals surface area contributed by atoms with Gasteiger partial charge in [-0.15, -0.1) is 0 Å². The minimum atomic E-state index is -0.233. The van der Waals surface area contributed by atoms with Crippen LogP contribution in [0.3, 0.4) is 0 Å². The second kappa shape index (κ2) is 7.63. The molecule has 94 valence electrons. The summed E-state index contributed by atoms with van der Waals surface area (Å²) in [6.07, 6.45) is 3.56. The number of nitrogens with one attached hydrogen (secondary N) is 1. The van der Waals surface area contributed by atoms with Crippen LogP contribution in [0.1, 0.15) is 19.8 Å². The highest BCUT2D eigenvalue weighted by molar-refractivity contribution is 9.10. The molecule has 6 heteroatoms. The van der Waals surface area contributed by atoms with E-state index in [0.29, 0.717) is 12.3 Å². The van der Waals surface area contributed by atoms with Gasteiger partial charge in [-0.3, -0.25) is 4.79 Å². The van der Waals surface area contributed by atoms with E-state index < -0.39 is 0 Å². The molecule has 0 fully saturated rings. The zero-order valence-electron chi connectivity index (χ0n) is 9.50. The van der Waals surface area contributed by atoms with Crippen LogP contribution in [0.15, 0.2) is 16.7 Å². The van der Waals surface area contributed by atoms with Gasteiger partial charge >= 0.3 is 0 Å². The minimum Gasteiger partial charge on any atom is -0.372 e. The summed E-state index contributed by atoms with van der Waals surface area (Å²) in [4.78, 5) is 15.4. The van der Waals surface area contributed by atoms with Crippen LogP contribution in [0, 0.1) is 0 Å². The number of nitrogens with zero attached hydrogens (tertiary/aromatic N) is 1. The Balaban J connectivity index is 2.42. The molecule has 0 spiro atoms. The number of hydrogen-bond donors (Lipinski definition) is 1. The molecule has 1 N–H and O–H groups in total. The van der Waals surface area contributed by atoms with E-state index in [-0.39, 0.29) is 17.7 Å². The lowest BCUT2D eigenvalue weighted by Crippen LogP contribution is -2.19. The molecule has 0 aliphatic rings. The number of amides is 1. The third-order valence-corrected chi connectivity index (χ3v) is 2.69. The summed E-state index contributed by atoms with van der Waals surface area (Å²) in [5.74, 6) is -0.233. The predicted octanol–water partition coefficient (Wildman–Crippen LogP) is 3.25. The van der Waals surface area contributed by atoms with Gasteiger partial charge in [0.05, 0.1) is 5.69 Å². The fourth-order valence-corrected chi connectivity index (χ4v) is 1.59. The fraction of sp³-hybridized carbons (Fsp3) is 0.455. The number of aromatic nitrogens is 1. The SMILES string of the molecule is CCCCOCC(=O)Nc1cc(Br)cnc1Cl. The molecule has 1 rings (SSSR count). The quantitative estimate of drug-likeness (QED) is 0.646. The van der Waals surface area contributed by atoms with Crippen molar-refractivity contribution in [1.82, 2.24) is 4.98 Å². The molecular formula is C11H14BrClN2O2. The maximum atomic E-state index is 11.5. The third kappa shape index (κ3) is 5.48. The van der Waals surface area contributed by atoms with E-state index in [0.717, 1.165) is 17.3 Å². The smallest absolute Gasteiger partial charge is 0.250 e. The molecule has 0 saturated carbocycles. The molecule has 1 heterocycles. The number of rotatable bonds is 6. The predicted molar refractivity (Wildman–Crippen MR) is 71.3 cm³/mol. The molecule has 0 aliphatic heterocycles. The highest BCUT2D eigenvalue weighted by Gasteiger charge is 2.07. The molecule has 0 atom stereocenters. The highest BCUT2D eigenvalue weighted by Crippen LogP contribution is 2.22. The van der Waals surface area contributed by atoms with Gasteiger partial charge < -0.3 is 10.1 Å². The van der Waals surface area contributed by atoms with E-state index in [1.807, 2.05) is 0 Å². The molecule has 1 aromatic rings. The maximum absolute atomic E-state index is 11.5. The first-order valence-corrected chi connectivity index (χ1v) is 6.49. The molecule has 0 saturated heterocycles. The van der Waals surface area contributed by atoms with Gasteiger partial charge in [0.15, 0.2) is 5.15 Å². The molecule has 0 radical (unpaired) electrons. The van der Waals surface area contributed by atoms with Crippen molar-refractivity contribution < 1.29 is 9.53 Å². The van der Waals surface area contributed by atoms with Crippen LogP contribution >= 0.6 is 27.5 Å². The number of pyridine rings is 1. The van der Waals surface area contributed by atoms with Gasteiger partial charge in [-0.2, -0.15) is 0 Å². The molecule has 1 amide bonds. The Morgan fingerprint density at radius 1 is 1.65 bits per heavy atom. The minimum absolute atomic E-state index is 0.0306. The van der Waals surface area contributed by atoms with Gasteiger partial charge in [0.1, 0.15) is 6.61 Å². The average molecular weight is 322 g/mol. The van der Waals surface area contributed by atoms with Crippen molar-refractivity contribution in [1.29, 1.82) is 0 Å². The number of halogens is 2. The second-order valence-corrected chi connectivity index (χ2v) is 4.72. The summed E-state index contributed by atoms with van der Waals surface area (Å²) >= 11 is 9.09. The fourth-order valence-electron chi connectivity index (χ4n) is 1.11. The van der Waals surface area contributed by atoms with Crippen LogP contribution in [0.25, 0.3) is 0 Å². The lowest BCUT2D eigenvalue weighted by Gasteiger charge is -2.07. The summed E-state index contributed by atoms with van der Waals surface area (Å²) in [6, 6.07) is 1.69. The molecule has 0 aromatic carbocycles. The molecule has 1 aromatic heterocycles. The molecule has 17 heavy (non-hydrogen) atoms. The van der Waals surface area contributed by atoms with Crippen molar-refractivity contribution in [3.63, 3.8) is 0 Å². The molecule has 0 bridgehead atoms. The van der Waals surface area contributed by atoms with Gasteiger partial charge in [0.25, 0.3) is 0 Å². The number of ether oxygens (including phenoxy) is 1. The topological polar surface area (TPSA) is 51.2 Å². The zero-order chi connectivity index (χ0) is 12.7. The van der Waals surface area contributed by atoms with Crippen molar-refractivity contribution in [3.05, 3.63) is 21.9 Å². The number of carbonyl (C=O) groups is 1. The molecular weight excluding hydrogens is 307 g/mol. The Morgan fingerprint density at radius 3 is 3.12 bits per heavy atom. The second-order valence-electron chi connectivity index (χ2n) is 3.45. The van der Waals surface area contributed by atoms with Crippen LogP contribution in [0.4, 0.5) is 5.69 Å². The Morgan fingerprint density at radius 2 is 2.41 bits per heavy atom. The summed E-state index contributed by atoms with van der Waals surface area (Å²) in [6.45, 7) is 2.69. The summed E-state index contributed by atoms with van der Waals surface area (Å²) < 4.78 is 5.94. The van der Waals surface area contributed by atoms with Gasteiger partial charge in [-0.25, -0.2) is 4.98 Å². The van der Waals surface area contributed by atoms with Crippen molar-refractivity contribution >= 4 is 39.1 Å². The van der Waals surface area contributed by atoms with Gasteiger partial charge in [-0.05, 0) is 28.4 Å². The standard InChI is InChI=1S/C11H14BrClN2O2/c1-2-3-4-17-7-10(16)15-9-5-8(12)6-14-11(9)13/h5-6H,2-4,7H2,1H3,(H,15,16). The van der Waals surface area contributed by atoms with E-state index in [1.165, 1.54) is 0 Å². The van der Waals surface area contributed by atoms with Crippen molar-refractivity contribution in [2.45, 2.75) is 19.8 Å². The zero-order valence-corrected chi connectivity index (χ0v) is 11.8. The van der Waals surface area contributed by atoms with E-state index in [9.17, 15) is 4.79 Å². The Bertz CT molecular complexity index is 388. The summed E-state index contributed by atoms with van der Waals surface area (Å²) in [7, 11) is 0. The first-order valence-electron chi connectivity index (χ1n) is 5.32. The van der Waals surface area contributed by atoms with Crippen LogP contribution in [-0.4, -0.2) is 24.1 Å².